The van der Waals surface area contributed by atoms with Gasteiger partial charge in [0, 0.05) is 74.4 Å². The summed E-state index contributed by atoms with van der Waals surface area (Å²) in [5, 5.41) is 0. The molecule has 21 heteroatoms. The number of benzene rings is 3. The molecule has 0 N–H and O–H groups in total. The third kappa shape index (κ3) is 26.7. The molecule has 0 saturated carbocycles. The fourth-order valence-corrected chi connectivity index (χ4v) is 8.95. The Morgan fingerprint density at radius 2 is 0.500 bits per heavy atom. The molecule has 0 aliphatic rings. The SMILES string of the molecule is C(=NC(COCc1ccc(-c2ccccn2)nc1)c1ccccc1)c1ccccn1.C(=N[C@H](COCc1ccc(-c2ccccn2)nc1)c1ccccc1)c1ccccn1.C(=N[C@H](COCc1ccc(-c2ccccn2)nc1)c1ccccc1)c1ccccn1.[Cl-].[Cl-].[Cl-].[Cl-].[Fe+2].[Fe+2]. The van der Waals surface area contributed by atoms with Crippen LogP contribution in [0.15, 0.2) is 307 Å². The van der Waals surface area contributed by atoms with Crippen LogP contribution in [0, 0.1) is 0 Å². The van der Waals surface area contributed by atoms with E-state index in [1.807, 2.05) is 219 Å². The van der Waals surface area contributed by atoms with Gasteiger partial charge in [-0.2, -0.15) is 0 Å². The normalized spacial score (nSPS) is 11.4. The number of halogens is 4. The second kappa shape index (κ2) is 45.5. The first kappa shape index (κ1) is 79.5. The molecule has 9 aromatic heterocycles. The minimum Gasteiger partial charge on any atom is -1.00 e. The van der Waals surface area contributed by atoms with Gasteiger partial charge in [0.2, 0.25) is 0 Å². The average molecular weight is 1440 g/mol. The van der Waals surface area contributed by atoms with E-state index in [1.165, 1.54) is 0 Å². The van der Waals surface area contributed by atoms with Crippen molar-refractivity contribution in [3.8, 4) is 34.2 Å². The molecule has 0 saturated heterocycles. The Morgan fingerprint density at radius 3 is 0.719 bits per heavy atom. The minimum absolute atomic E-state index is 0. The Bertz CT molecular complexity index is 3620. The van der Waals surface area contributed by atoms with Crippen LogP contribution in [0.25, 0.3) is 34.2 Å². The summed E-state index contributed by atoms with van der Waals surface area (Å²) in [6, 6.07) is 76.8. The van der Waals surface area contributed by atoms with Crippen molar-refractivity contribution in [2.24, 2.45) is 15.0 Å². The number of nitrogens with zero attached hydrogens (tertiary/aromatic N) is 12. The second-order valence-corrected chi connectivity index (χ2v) is 20.2. The van der Waals surface area contributed by atoms with Gasteiger partial charge >= 0.3 is 34.1 Å². The van der Waals surface area contributed by atoms with Crippen molar-refractivity contribution in [1.29, 1.82) is 0 Å². The smallest absolute Gasteiger partial charge is 1.00 e. The summed E-state index contributed by atoms with van der Waals surface area (Å²) in [6.07, 6.45) is 21.5. The van der Waals surface area contributed by atoms with Crippen LogP contribution < -0.4 is 49.6 Å². The van der Waals surface area contributed by atoms with Gasteiger partial charge in [0.1, 0.15) is 0 Å². The van der Waals surface area contributed by atoms with Crippen LogP contribution in [-0.4, -0.2) is 83.3 Å². The van der Waals surface area contributed by atoms with Crippen LogP contribution in [0.5, 0.6) is 0 Å². The van der Waals surface area contributed by atoms with E-state index < -0.39 is 0 Å². The summed E-state index contributed by atoms with van der Waals surface area (Å²) in [6.45, 7) is 2.81. The van der Waals surface area contributed by atoms with Crippen molar-refractivity contribution < 1.29 is 98.0 Å². The monoisotopic (exact) mass is 1430 g/mol. The summed E-state index contributed by atoms with van der Waals surface area (Å²) in [4.78, 5) is 53.5. The fourth-order valence-electron chi connectivity index (χ4n) is 8.95. The quantitative estimate of drug-likeness (QED) is 0.0639. The van der Waals surface area contributed by atoms with E-state index >= 15 is 0 Å². The molecule has 1 unspecified atom stereocenters. The summed E-state index contributed by atoms with van der Waals surface area (Å²) < 4.78 is 17.9. The molecule has 15 nitrogen and oxygen atoms in total. The van der Waals surface area contributed by atoms with Gasteiger partial charge in [0.05, 0.1) is 109 Å². The first-order valence-corrected chi connectivity index (χ1v) is 29.4. The van der Waals surface area contributed by atoms with E-state index in [9.17, 15) is 0 Å². The molecule has 488 valence electrons. The van der Waals surface area contributed by atoms with Crippen LogP contribution in [0.1, 0.15) is 68.6 Å². The van der Waals surface area contributed by atoms with E-state index in [4.69, 9.17) is 29.2 Å². The maximum absolute atomic E-state index is 5.98. The first-order valence-electron chi connectivity index (χ1n) is 29.4. The van der Waals surface area contributed by atoms with Crippen molar-refractivity contribution in [2.75, 3.05) is 19.8 Å². The Hall–Kier alpha value is -8.90. The summed E-state index contributed by atoms with van der Waals surface area (Å²) in [7, 11) is 0. The number of rotatable bonds is 24. The molecule has 12 rings (SSSR count). The Balaban J connectivity index is 0.000000297. The average Bonchev–Trinajstić information content (AvgIpc) is 1.30. The van der Waals surface area contributed by atoms with Gasteiger partial charge in [-0.25, -0.2) is 0 Å². The molecule has 9 heterocycles. The van der Waals surface area contributed by atoms with Crippen LogP contribution in [0.3, 0.4) is 0 Å². The van der Waals surface area contributed by atoms with E-state index in [-0.39, 0.29) is 102 Å². The molecule has 3 aromatic carbocycles. The van der Waals surface area contributed by atoms with E-state index in [0.717, 1.165) is 84.6 Å². The van der Waals surface area contributed by atoms with Gasteiger partial charge in [-0.3, -0.25) is 59.8 Å². The molecular weight excluding hydrogens is 1370 g/mol. The zero-order chi connectivity index (χ0) is 61.3. The number of ether oxygens (including phenoxy) is 3. The summed E-state index contributed by atoms with van der Waals surface area (Å²) >= 11 is 0. The molecule has 12 aromatic rings. The molecule has 0 fully saturated rings. The van der Waals surface area contributed by atoms with Gasteiger partial charge in [-0.1, -0.05) is 146 Å². The van der Waals surface area contributed by atoms with Gasteiger partial charge in [0.15, 0.2) is 0 Å². The zero-order valence-corrected chi connectivity index (χ0v) is 57.0. The molecule has 0 spiro atoms. The maximum Gasteiger partial charge on any atom is 2.00 e. The van der Waals surface area contributed by atoms with Crippen molar-refractivity contribution >= 4 is 18.6 Å². The van der Waals surface area contributed by atoms with E-state index in [2.05, 4.69) is 81.3 Å². The van der Waals surface area contributed by atoms with Crippen LogP contribution in [-0.2, 0) is 68.2 Å². The minimum atomic E-state index is -0.103. The number of aromatic nitrogens is 9. The third-order valence-electron chi connectivity index (χ3n) is 13.7. The summed E-state index contributed by atoms with van der Waals surface area (Å²) in [5.74, 6) is 0. The Labute approximate surface area is 606 Å². The molecule has 0 aliphatic heterocycles. The van der Waals surface area contributed by atoms with E-state index in [1.54, 1.807) is 55.8 Å². The van der Waals surface area contributed by atoms with Crippen LogP contribution in [0.4, 0.5) is 0 Å². The number of pyridine rings is 9. The predicted octanol–water partition coefficient (Wildman–Crippen LogP) is 2.76. The molecule has 0 bridgehead atoms. The molecular formula is C75H66Cl4Fe2N12O3. The van der Waals surface area contributed by atoms with Crippen molar-refractivity contribution in [2.45, 2.75) is 37.9 Å². The maximum atomic E-state index is 5.98. The van der Waals surface area contributed by atoms with Gasteiger partial charge in [0.25, 0.3) is 0 Å². The number of aliphatic imine (C=N–C) groups is 3. The topological polar surface area (TPSA) is 181 Å². The van der Waals surface area contributed by atoms with Crippen LogP contribution in [0.2, 0.25) is 0 Å². The molecule has 0 radical (unpaired) electrons. The molecule has 96 heavy (non-hydrogen) atoms. The van der Waals surface area contributed by atoms with Gasteiger partial charge < -0.3 is 63.8 Å². The van der Waals surface area contributed by atoms with Gasteiger partial charge in [-0.15, -0.1) is 0 Å². The largest absolute Gasteiger partial charge is 2.00 e. The van der Waals surface area contributed by atoms with Crippen molar-refractivity contribution in [3.63, 3.8) is 0 Å². The van der Waals surface area contributed by atoms with E-state index in [0.29, 0.717) is 39.6 Å². The fraction of sp³-hybridized carbons (Fsp3) is 0.120. The zero-order valence-electron chi connectivity index (χ0n) is 51.7. The third-order valence-corrected chi connectivity index (χ3v) is 13.7. The number of hydrogen-bond donors (Lipinski definition) is 0. The summed E-state index contributed by atoms with van der Waals surface area (Å²) in [5.41, 5.74) is 13.9. The number of hydrogen-bond acceptors (Lipinski definition) is 15. The van der Waals surface area contributed by atoms with Crippen molar-refractivity contribution in [1.82, 2.24) is 44.9 Å². The predicted molar refractivity (Wildman–Crippen MR) is 354 cm³/mol. The second-order valence-electron chi connectivity index (χ2n) is 20.2. The Kier molecular flexibility index (Phi) is 37.7. The van der Waals surface area contributed by atoms with Crippen LogP contribution >= 0.6 is 0 Å². The molecule has 0 aliphatic carbocycles. The standard InChI is InChI=1S/3C25H22N4O.4ClH.2Fe/c3*1-2-8-21(9-3-1)25(29-17-22-10-4-6-14-26-22)19-30-18-20-12-13-24(28-16-20)23-11-5-7-15-27-23;;;;;;/h3*1-17,25H,18-19H2;4*1H;;/q;;;;;;;2*+2/p-4/t2*25-;;;;;;;/m11......./s1. The molecule has 0 amide bonds. The van der Waals surface area contributed by atoms with Crippen molar-refractivity contribution in [3.05, 3.63) is 343 Å². The Morgan fingerprint density at radius 1 is 0.260 bits per heavy atom. The molecule has 3 atom stereocenters. The van der Waals surface area contributed by atoms with Gasteiger partial charge in [-0.05, 0) is 124 Å². The first-order chi connectivity index (χ1) is 44.6.